The van der Waals surface area contributed by atoms with Crippen molar-refractivity contribution in [3.05, 3.63) is 23.5 Å². The Morgan fingerprint density at radius 1 is 1.67 bits per heavy atom. The number of hydrogen-bond acceptors (Lipinski definition) is 5. The van der Waals surface area contributed by atoms with Gasteiger partial charge in [-0.15, -0.1) is 11.3 Å². The van der Waals surface area contributed by atoms with Crippen LogP contribution in [0.1, 0.15) is 26.0 Å². The summed E-state index contributed by atoms with van der Waals surface area (Å²) < 4.78 is 6.95. The molecule has 0 N–H and O–H groups in total. The van der Waals surface area contributed by atoms with Crippen LogP contribution in [0.4, 0.5) is 0 Å². The van der Waals surface area contributed by atoms with Gasteiger partial charge < -0.3 is 4.74 Å². The number of esters is 1. The zero-order valence-corrected chi connectivity index (χ0v) is 12.1. The maximum atomic E-state index is 11.3. The van der Waals surface area contributed by atoms with E-state index in [2.05, 4.69) is 4.98 Å². The van der Waals surface area contributed by atoms with Crippen molar-refractivity contribution in [2.24, 2.45) is 0 Å². The first-order valence-corrected chi connectivity index (χ1v) is 7.80. The van der Waals surface area contributed by atoms with E-state index in [0.717, 1.165) is 16.4 Å². The van der Waals surface area contributed by atoms with Crippen LogP contribution in [0.15, 0.2) is 17.8 Å². The molecule has 6 heteroatoms. The predicted octanol–water partition coefficient (Wildman–Crippen LogP) is 2.97. The molecule has 18 heavy (non-hydrogen) atoms. The van der Waals surface area contributed by atoms with Gasteiger partial charge in [0.1, 0.15) is 0 Å². The molecule has 0 amide bonds. The monoisotopic (exact) mass is 284 g/mol. The van der Waals surface area contributed by atoms with Crippen molar-refractivity contribution < 1.29 is 9.53 Å². The van der Waals surface area contributed by atoms with Crippen LogP contribution in [0.5, 0.6) is 0 Å². The highest BCUT2D eigenvalue weighted by Gasteiger charge is 2.11. The second-order valence-electron chi connectivity index (χ2n) is 3.96. The lowest BCUT2D eigenvalue weighted by atomic mass is 10.3. The molecule has 0 spiro atoms. The van der Waals surface area contributed by atoms with Crippen LogP contribution in [0, 0.1) is 0 Å². The standard InChI is InChI=1S/C12H16N2O2S2/c1-3-16-11(15)6-9(2)18-8-10-7-14-4-5-17-12(14)13-10/h4-5,7,9H,3,6,8H2,1-2H3/t9-/m0/s1. The van der Waals surface area contributed by atoms with Crippen molar-refractivity contribution in [2.45, 2.75) is 31.3 Å². The Hall–Kier alpha value is -1.01. The van der Waals surface area contributed by atoms with Gasteiger partial charge in [-0.25, -0.2) is 4.98 Å². The fraction of sp³-hybridized carbons (Fsp3) is 0.500. The number of carbonyl (C=O) groups excluding carboxylic acids is 1. The second-order valence-corrected chi connectivity index (χ2v) is 6.26. The Balaban J connectivity index is 1.80. The van der Waals surface area contributed by atoms with E-state index in [1.54, 1.807) is 23.1 Å². The highest BCUT2D eigenvalue weighted by atomic mass is 32.2. The molecule has 0 bridgehead atoms. The summed E-state index contributed by atoms with van der Waals surface area (Å²) in [7, 11) is 0. The highest BCUT2D eigenvalue weighted by molar-refractivity contribution is 7.99. The number of hydrogen-bond donors (Lipinski definition) is 0. The molecule has 0 fully saturated rings. The van der Waals surface area contributed by atoms with E-state index in [1.807, 2.05) is 36.0 Å². The van der Waals surface area contributed by atoms with Gasteiger partial charge in [-0.1, -0.05) is 6.92 Å². The van der Waals surface area contributed by atoms with Crippen LogP contribution in [0.3, 0.4) is 0 Å². The SMILES string of the molecule is CCOC(=O)C[C@H](C)SCc1cn2ccsc2n1. The van der Waals surface area contributed by atoms with Gasteiger partial charge in [0.05, 0.1) is 18.7 Å². The zero-order valence-electron chi connectivity index (χ0n) is 10.5. The van der Waals surface area contributed by atoms with E-state index >= 15 is 0 Å². The van der Waals surface area contributed by atoms with Gasteiger partial charge in [0.15, 0.2) is 4.96 Å². The third-order valence-electron chi connectivity index (χ3n) is 2.42. The largest absolute Gasteiger partial charge is 0.466 e. The molecule has 0 radical (unpaired) electrons. The van der Waals surface area contributed by atoms with Crippen molar-refractivity contribution in [2.75, 3.05) is 6.61 Å². The second kappa shape index (κ2) is 6.24. The summed E-state index contributed by atoms with van der Waals surface area (Å²) in [5, 5.41) is 2.27. The predicted molar refractivity (Wildman–Crippen MR) is 75.1 cm³/mol. The quantitative estimate of drug-likeness (QED) is 0.765. The van der Waals surface area contributed by atoms with Gasteiger partial charge in [0, 0.05) is 28.8 Å². The Labute approximate surface area is 114 Å². The summed E-state index contributed by atoms with van der Waals surface area (Å²) in [5.74, 6) is 0.706. The lowest BCUT2D eigenvalue weighted by Gasteiger charge is -2.09. The molecule has 2 aromatic heterocycles. The molecule has 1 atom stereocenters. The average Bonchev–Trinajstić information content (AvgIpc) is 2.86. The molecule has 0 saturated carbocycles. The lowest BCUT2D eigenvalue weighted by Crippen LogP contribution is -2.10. The molecule has 0 aliphatic carbocycles. The van der Waals surface area contributed by atoms with Crippen LogP contribution >= 0.6 is 23.1 Å². The Morgan fingerprint density at radius 3 is 3.22 bits per heavy atom. The number of imidazole rings is 1. The van der Waals surface area contributed by atoms with Crippen molar-refractivity contribution in [1.82, 2.24) is 9.38 Å². The topological polar surface area (TPSA) is 43.6 Å². The molecule has 4 nitrogen and oxygen atoms in total. The van der Waals surface area contributed by atoms with E-state index in [1.165, 1.54) is 0 Å². The van der Waals surface area contributed by atoms with Gasteiger partial charge in [0.25, 0.3) is 0 Å². The summed E-state index contributed by atoms with van der Waals surface area (Å²) in [6.07, 6.45) is 4.50. The number of thioether (sulfide) groups is 1. The smallest absolute Gasteiger partial charge is 0.306 e. The van der Waals surface area contributed by atoms with Crippen molar-refractivity contribution in [3.63, 3.8) is 0 Å². The number of rotatable bonds is 6. The number of fused-ring (bicyclic) bond motifs is 1. The summed E-state index contributed by atoms with van der Waals surface area (Å²) in [5.41, 5.74) is 1.06. The molecule has 2 aromatic rings. The number of carbonyl (C=O) groups is 1. The fourth-order valence-corrected chi connectivity index (χ4v) is 3.15. The molecule has 0 aromatic carbocycles. The summed E-state index contributed by atoms with van der Waals surface area (Å²) in [6.45, 7) is 4.32. The van der Waals surface area contributed by atoms with Crippen LogP contribution < -0.4 is 0 Å². The zero-order chi connectivity index (χ0) is 13.0. The minimum atomic E-state index is -0.122. The molecular weight excluding hydrogens is 268 g/mol. The molecule has 0 aliphatic heterocycles. The first kappa shape index (κ1) is 13.4. The van der Waals surface area contributed by atoms with E-state index in [-0.39, 0.29) is 11.2 Å². The maximum absolute atomic E-state index is 11.3. The van der Waals surface area contributed by atoms with E-state index in [0.29, 0.717) is 13.0 Å². The van der Waals surface area contributed by atoms with Crippen molar-refractivity contribution in [3.8, 4) is 0 Å². The molecular formula is C12H16N2O2S2. The number of ether oxygens (including phenoxy) is 1. The van der Waals surface area contributed by atoms with Crippen LogP contribution in [-0.4, -0.2) is 27.2 Å². The van der Waals surface area contributed by atoms with E-state index in [4.69, 9.17) is 4.74 Å². The van der Waals surface area contributed by atoms with Crippen LogP contribution in [-0.2, 0) is 15.3 Å². The van der Waals surface area contributed by atoms with Gasteiger partial charge in [-0.3, -0.25) is 9.20 Å². The van der Waals surface area contributed by atoms with Gasteiger partial charge in [-0.05, 0) is 6.92 Å². The minimum Gasteiger partial charge on any atom is -0.466 e. The maximum Gasteiger partial charge on any atom is 0.306 e. The van der Waals surface area contributed by atoms with Crippen LogP contribution in [0.2, 0.25) is 0 Å². The normalized spacial score (nSPS) is 12.8. The third kappa shape index (κ3) is 3.49. The number of thiazole rings is 1. The van der Waals surface area contributed by atoms with Gasteiger partial charge in [-0.2, -0.15) is 11.8 Å². The Bertz CT molecular complexity index is 492. The fourth-order valence-electron chi connectivity index (χ4n) is 1.59. The molecule has 0 unspecified atom stereocenters. The average molecular weight is 284 g/mol. The van der Waals surface area contributed by atoms with E-state index < -0.39 is 0 Å². The lowest BCUT2D eigenvalue weighted by molar-refractivity contribution is -0.142. The Morgan fingerprint density at radius 2 is 2.50 bits per heavy atom. The summed E-state index contributed by atoms with van der Waals surface area (Å²) >= 11 is 3.36. The van der Waals surface area contributed by atoms with Crippen LogP contribution in [0.25, 0.3) is 4.96 Å². The summed E-state index contributed by atoms with van der Waals surface area (Å²) in [6, 6.07) is 0. The third-order valence-corrected chi connectivity index (χ3v) is 4.39. The molecule has 2 heterocycles. The number of nitrogens with zero attached hydrogens (tertiary/aromatic N) is 2. The minimum absolute atomic E-state index is 0.122. The van der Waals surface area contributed by atoms with Crippen molar-refractivity contribution >= 4 is 34.0 Å². The molecule has 98 valence electrons. The molecule has 0 saturated heterocycles. The molecule has 2 rings (SSSR count). The summed E-state index contributed by atoms with van der Waals surface area (Å²) in [4.78, 5) is 16.8. The molecule has 0 aliphatic rings. The Kier molecular flexibility index (Phi) is 4.66. The first-order chi connectivity index (χ1) is 8.69. The first-order valence-electron chi connectivity index (χ1n) is 5.87. The van der Waals surface area contributed by atoms with Gasteiger partial charge >= 0.3 is 5.97 Å². The highest BCUT2D eigenvalue weighted by Crippen LogP contribution is 2.21. The van der Waals surface area contributed by atoms with Crippen molar-refractivity contribution in [1.29, 1.82) is 0 Å². The van der Waals surface area contributed by atoms with Gasteiger partial charge in [0.2, 0.25) is 0 Å². The number of aromatic nitrogens is 2. The van der Waals surface area contributed by atoms with E-state index in [9.17, 15) is 4.79 Å².